The first-order valence-corrected chi connectivity index (χ1v) is 10.1. The van der Waals surface area contributed by atoms with Gasteiger partial charge in [0.2, 0.25) is 5.91 Å². The minimum absolute atomic E-state index is 0.110. The molecule has 0 fully saturated rings. The number of hydrogen-bond donors (Lipinski definition) is 1. The molecule has 7 heteroatoms. The highest BCUT2D eigenvalue weighted by atomic mass is 32.1. The summed E-state index contributed by atoms with van der Waals surface area (Å²) in [5, 5.41) is 3.29. The van der Waals surface area contributed by atoms with Crippen LogP contribution in [0, 0.1) is 0 Å². The van der Waals surface area contributed by atoms with Crippen LogP contribution in [0.1, 0.15) is 17.7 Å². The minimum Gasteiger partial charge on any atom is -0.494 e. The number of nitrogens with zero attached hydrogens (tertiary/aromatic N) is 1. The molecule has 0 saturated carbocycles. The number of hydrogen-bond acceptors (Lipinski definition) is 6. The van der Waals surface area contributed by atoms with Crippen LogP contribution in [0.25, 0.3) is 11.3 Å². The second-order valence-corrected chi connectivity index (χ2v) is 7.31. The molecule has 2 aromatic carbocycles. The van der Waals surface area contributed by atoms with Crippen LogP contribution in [0.5, 0.6) is 5.75 Å². The summed E-state index contributed by atoms with van der Waals surface area (Å²) in [4.78, 5) is 29.3. The van der Waals surface area contributed by atoms with Crippen LogP contribution in [0.15, 0.2) is 60.7 Å². The highest BCUT2D eigenvalue weighted by Crippen LogP contribution is 2.31. The van der Waals surface area contributed by atoms with E-state index in [0.717, 1.165) is 16.2 Å². The Morgan fingerprint density at radius 3 is 2.41 bits per heavy atom. The lowest BCUT2D eigenvalue weighted by Gasteiger charge is -2.05. The van der Waals surface area contributed by atoms with Crippen LogP contribution in [-0.2, 0) is 20.7 Å². The second kappa shape index (κ2) is 10.4. The molecule has 1 amide bonds. The van der Waals surface area contributed by atoms with Gasteiger partial charge in [-0.05, 0) is 18.6 Å². The van der Waals surface area contributed by atoms with E-state index in [2.05, 4.69) is 10.3 Å². The molecule has 0 saturated heterocycles. The number of amides is 1. The summed E-state index contributed by atoms with van der Waals surface area (Å²) < 4.78 is 10.4. The first-order valence-electron chi connectivity index (χ1n) is 9.25. The maximum atomic E-state index is 12.3. The van der Waals surface area contributed by atoms with Gasteiger partial charge in [0.15, 0.2) is 5.13 Å². The maximum absolute atomic E-state index is 12.3. The molecular formula is C22H22N2O4S. The van der Waals surface area contributed by atoms with Gasteiger partial charge in [0.05, 0.1) is 25.8 Å². The molecular weight excluding hydrogens is 388 g/mol. The van der Waals surface area contributed by atoms with Crippen LogP contribution < -0.4 is 10.1 Å². The summed E-state index contributed by atoms with van der Waals surface area (Å²) >= 11 is 1.29. The number of ether oxygens (including phenoxy) is 2. The van der Waals surface area contributed by atoms with Crippen LogP contribution in [-0.4, -0.2) is 30.6 Å². The number of carbonyl (C=O) groups is 2. The molecule has 0 aliphatic carbocycles. The number of esters is 1. The number of rotatable bonds is 9. The van der Waals surface area contributed by atoms with Gasteiger partial charge in [-0.25, -0.2) is 4.98 Å². The molecule has 1 N–H and O–H groups in total. The molecule has 150 valence electrons. The van der Waals surface area contributed by atoms with Crippen molar-refractivity contribution in [2.75, 3.05) is 19.0 Å². The SMILES string of the molecule is COC(=O)Cc1sc(NC(=O)CCCOc2ccccc2)nc1-c1ccccc1. The molecule has 0 radical (unpaired) electrons. The van der Waals surface area contributed by atoms with E-state index in [0.29, 0.717) is 30.3 Å². The van der Waals surface area contributed by atoms with Crippen molar-refractivity contribution in [1.82, 2.24) is 4.98 Å². The minimum atomic E-state index is -0.346. The highest BCUT2D eigenvalue weighted by molar-refractivity contribution is 7.16. The lowest BCUT2D eigenvalue weighted by Crippen LogP contribution is -2.12. The van der Waals surface area contributed by atoms with Crippen LogP contribution >= 0.6 is 11.3 Å². The zero-order valence-corrected chi connectivity index (χ0v) is 16.9. The average molecular weight is 410 g/mol. The van der Waals surface area contributed by atoms with Gasteiger partial charge in [-0.3, -0.25) is 9.59 Å². The first-order chi connectivity index (χ1) is 14.2. The van der Waals surface area contributed by atoms with Crippen molar-refractivity contribution in [1.29, 1.82) is 0 Å². The van der Waals surface area contributed by atoms with Crippen LogP contribution in [0.2, 0.25) is 0 Å². The summed E-state index contributed by atoms with van der Waals surface area (Å²) in [6, 6.07) is 19.0. The fraction of sp³-hybridized carbons (Fsp3) is 0.227. The lowest BCUT2D eigenvalue weighted by molar-refractivity contribution is -0.139. The van der Waals surface area contributed by atoms with E-state index in [-0.39, 0.29) is 18.3 Å². The first kappa shape index (κ1) is 20.5. The number of nitrogens with one attached hydrogen (secondary N) is 1. The van der Waals surface area contributed by atoms with Gasteiger partial charge in [0, 0.05) is 16.9 Å². The van der Waals surface area contributed by atoms with Crippen molar-refractivity contribution in [2.45, 2.75) is 19.3 Å². The molecule has 3 aromatic rings. The number of benzene rings is 2. The Morgan fingerprint density at radius 1 is 1.03 bits per heavy atom. The van der Waals surface area contributed by atoms with Gasteiger partial charge in [0.25, 0.3) is 0 Å². The summed E-state index contributed by atoms with van der Waals surface area (Å²) in [6.07, 6.45) is 1.02. The Balaban J connectivity index is 1.59. The molecule has 29 heavy (non-hydrogen) atoms. The average Bonchev–Trinajstić information content (AvgIpc) is 3.14. The maximum Gasteiger partial charge on any atom is 0.310 e. The van der Waals surface area contributed by atoms with E-state index < -0.39 is 0 Å². The number of thiazole rings is 1. The molecule has 0 unspecified atom stereocenters. The van der Waals surface area contributed by atoms with E-state index in [1.807, 2.05) is 60.7 Å². The van der Waals surface area contributed by atoms with Crippen LogP contribution in [0.3, 0.4) is 0 Å². The van der Waals surface area contributed by atoms with E-state index in [4.69, 9.17) is 9.47 Å². The smallest absolute Gasteiger partial charge is 0.310 e. The molecule has 0 spiro atoms. The Labute approximate surface area is 173 Å². The van der Waals surface area contributed by atoms with Gasteiger partial charge < -0.3 is 14.8 Å². The van der Waals surface area contributed by atoms with E-state index in [1.165, 1.54) is 18.4 Å². The Morgan fingerprint density at radius 2 is 1.72 bits per heavy atom. The largest absolute Gasteiger partial charge is 0.494 e. The monoisotopic (exact) mass is 410 g/mol. The number of carbonyl (C=O) groups excluding carboxylic acids is 2. The van der Waals surface area contributed by atoms with Crippen molar-refractivity contribution in [3.8, 4) is 17.0 Å². The molecule has 1 heterocycles. The lowest BCUT2D eigenvalue weighted by atomic mass is 10.1. The van der Waals surface area contributed by atoms with Gasteiger partial charge in [-0.1, -0.05) is 48.5 Å². The normalized spacial score (nSPS) is 10.4. The molecule has 0 atom stereocenters. The number of aromatic nitrogens is 1. The van der Waals surface area contributed by atoms with E-state index in [1.54, 1.807) is 0 Å². The topological polar surface area (TPSA) is 77.5 Å². The van der Waals surface area contributed by atoms with E-state index >= 15 is 0 Å². The number of anilines is 1. The summed E-state index contributed by atoms with van der Waals surface area (Å²) in [5.74, 6) is 0.300. The van der Waals surface area contributed by atoms with Gasteiger partial charge >= 0.3 is 5.97 Å². The van der Waals surface area contributed by atoms with Crippen molar-refractivity contribution in [3.63, 3.8) is 0 Å². The van der Waals surface area contributed by atoms with Crippen molar-refractivity contribution >= 4 is 28.3 Å². The molecule has 6 nitrogen and oxygen atoms in total. The second-order valence-electron chi connectivity index (χ2n) is 6.22. The molecule has 0 aliphatic rings. The molecule has 0 aliphatic heterocycles. The van der Waals surface area contributed by atoms with Crippen molar-refractivity contribution in [2.24, 2.45) is 0 Å². The van der Waals surface area contributed by atoms with Crippen molar-refractivity contribution < 1.29 is 19.1 Å². The highest BCUT2D eigenvalue weighted by Gasteiger charge is 2.17. The van der Waals surface area contributed by atoms with Gasteiger partial charge in [-0.15, -0.1) is 11.3 Å². The number of para-hydroxylation sites is 1. The predicted molar refractivity (Wildman–Crippen MR) is 113 cm³/mol. The zero-order valence-electron chi connectivity index (χ0n) is 16.1. The van der Waals surface area contributed by atoms with Crippen LogP contribution in [0.4, 0.5) is 5.13 Å². The van der Waals surface area contributed by atoms with Gasteiger partial charge in [-0.2, -0.15) is 0 Å². The summed E-state index contributed by atoms with van der Waals surface area (Å²) in [6.45, 7) is 0.457. The third-order valence-electron chi connectivity index (χ3n) is 4.08. The Bertz CT molecular complexity index is 942. The van der Waals surface area contributed by atoms with Gasteiger partial charge in [0.1, 0.15) is 5.75 Å². The Hall–Kier alpha value is -3.19. The van der Waals surface area contributed by atoms with E-state index in [9.17, 15) is 9.59 Å². The molecule has 3 rings (SSSR count). The fourth-order valence-corrected chi connectivity index (χ4v) is 3.66. The summed E-state index contributed by atoms with van der Waals surface area (Å²) in [5.41, 5.74) is 1.57. The quantitative estimate of drug-likeness (QED) is 0.420. The Kier molecular flexibility index (Phi) is 7.35. The summed E-state index contributed by atoms with van der Waals surface area (Å²) in [7, 11) is 1.35. The predicted octanol–water partition coefficient (Wildman–Crippen LogP) is 4.32. The standard InChI is InChI=1S/C22H22N2O4S/c1-27-20(26)15-18-21(16-9-4-2-5-10-16)24-22(29-18)23-19(25)13-8-14-28-17-11-6-3-7-12-17/h2-7,9-12H,8,13-15H2,1H3,(H,23,24,25). The zero-order chi connectivity index (χ0) is 20.5. The fourth-order valence-electron chi connectivity index (χ4n) is 2.67. The molecule has 0 bridgehead atoms. The molecule has 1 aromatic heterocycles. The number of methoxy groups -OCH3 is 1. The van der Waals surface area contributed by atoms with Crippen molar-refractivity contribution in [3.05, 3.63) is 65.5 Å². The third-order valence-corrected chi connectivity index (χ3v) is 5.05. The third kappa shape index (κ3) is 6.15.